The number of carboxylic acids is 1. The highest BCUT2D eigenvalue weighted by Gasteiger charge is 2.29. The standard InChI is InChI=1S/C22H23N5O3S.C19H14N4O2S.C15H17N3O3S.C12H13NO2S.C11H7N3O3S.C11H15NO2/c1-13(12-28)24-19(23)18-20(29)26-31-21(18)25-16-8-6-15(7-9-16)22(30)27-11-10-14-4-2-3-5-17(14)27;20-11-15-17(24)22-26-18(15)21-14-7-5-13(6-8-14)19(25)23-10-9-12-3-1-2-4-16(12)23;1-15(2,3)21-14(20)9-4-6-10(7-5-9)18-13(22)11(8-16)12(17)19;1-12(2,3)15-11(14)9-4-6-10(7-5-9)13-8-16;12-5-8-9(15)14-18-10(8)13-7-3-1-6(2-4-7)11(16)17;1-11(2,3)14-10(13)8-4-6-9(12)7-5-8/h2-9,13,25,28H,10-12H2,1H3,(H2,23,24)(H,26,29);1-8,21H,9-10H2,(H,22,24);4-7,11H,1-3H3,(H2,17,19)(H,18,22);4-7H,1-3H3;1-4,13H,(H,14,15)(H,16,17);4-7H,12H2,1-3H3. The van der Waals surface area contributed by atoms with Crippen LogP contribution >= 0.6 is 59.0 Å². The Morgan fingerprint density at radius 2 is 0.874 bits per heavy atom. The van der Waals surface area contributed by atoms with Gasteiger partial charge in [-0.3, -0.25) is 46.9 Å². The summed E-state index contributed by atoms with van der Waals surface area (Å²) in [7, 11) is 0. The zero-order valence-electron chi connectivity index (χ0n) is 70.3. The maximum Gasteiger partial charge on any atom is 0.338 e. The molecule has 2 aliphatic rings. The molecule has 11 aromatic rings. The number of esters is 3. The van der Waals surface area contributed by atoms with Crippen LogP contribution in [0.5, 0.6) is 0 Å². The Kier molecular flexibility index (Phi) is 34.5. The van der Waals surface area contributed by atoms with Crippen molar-refractivity contribution in [1.29, 1.82) is 15.8 Å². The zero-order valence-corrected chi connectivity index (χ0v) is 74.4. The van der Waals surface area contributed by atoms with Crippen LogP contribution in [0.15, 0.2) is 218 Å². The number of nitrogen functional groups attached to an aromatic ring is 1. The highest BCUT2D eigenvalue weighted by Crippen LogP contribution is 2.33. The molecule has 3 amide bonds. The second-order valence-corrected chi connectivity index (χ2v) is 33.5. The van der Waals surface area contributed by atoms with Gasteiger partial charge in [-0.2, -0.15) is 20.8 Å². The summed E-state index contributed by atoms with van der Waals surface area (Å²) in [6.07, 6.45) is 1.72. The molecule has 32 nitrogen and oxygen atoms in total. The summed E-state index contributed by atoms with van der Waals surface area (Å²) in [4.78, 5) is 129. The molecule has 2 aliphatic heterocycles. The molecule has 2 unspecified atom stereocenters. The summed E-state index contributed by atoms with van der Waals surface area (Å²) < 4.78 is 23.3. The molecule has 0 saturated carbocycles. The van der Waals surface area contributed by atoms with E-state index in [4.69, 9.17) is 69.6 Å². The molecule has 37 heteroatoms. The van der Waals surface area contributed by atoms with E-state index >= 15 is 0 Å². The third kappa shape index (κ3) is 28.9. The predicted octanol–water partition coefficient (Wildman–Crippen LogP) is 15.1. The van der Waals surface area contributed by atoms with Crippen molar-refractivity contribution in [3.63, 3.8) is 0 Å². The zero-order chi connectivity index (χ0) is 93.0. The molecule has 0 spiro atoms. The maximum absolute atomic E-state index is 13.0. The number of H-pyrrole nitrogens is 3. The number of benzene rings is 8. The Labute approximate surface area is 752 Å². The number of carbonyl (C=O) groups excluding carboxylic acids is 6. The first-order chi connectivity index (χ1) is 60.2. The molecule has 127 heavy (non-hydrogen) atoms. The lowest BCUT2D eigenvalue weighted by atomic mass is 10.1. The number of primary amides is 1. The van der Waals surface area contributed by atoms with Crippen molar-refractivity contribution in [2.24, 2.45) is 27.4 Å². The fraction of sp³-hybridized carbons (Fsp3) is 0.222. The summed E-state index contributed by atoms with van der Waals surface area (Å²) in [5.74, 6) is -4.14. The summed E-state index contributed by atoms with van der Waals surface area (Å²) in [5, 5.41) is 60.0. The second kappa shape index (κ2) is 45.0. The van der Waals surface area contributed by atoms with Crippen LogP contribution < -0.4 is 64.9 Å². The number of aromatic carboxylic acids is 1. The van der Waals surface area contributed by atoms with Gasteiger partial charge >= 0.3 is 23.9 Å². The number of para-hydroxylation sites is 2. The molecule has 0 saturated heterocycles. The number of fused-ring (bicyclic) bond motifs is 2. The second-order valence-electron chi connectivity index (χ2n) is 30.5. The van der Waals surface area contributed by atoms with Gasteiger partial charge in [0.25, 0.3) is 28.5 Å². The fourth-order valence-electron chi connectivity index (χ4n) is 11.4. The van der Waals surface area contributed by atoms with E-state index in [9.17, 15) is 47.9 Å². The number of hydrogen-bond donors (Lipinski definition) is 12. The number of isothiocyanates is 1. The molecule has 2 atom stereocenters. The fourth-order valence-corrected chi connectivity index (χ4v) is 13.9. The number of thiocarbonyl (C=S) groups is 2. The van der Waals surface area contributed by atoms with Crippen molar-refractivity contribution in [3.05, 3.63) is 286 Å². The average molecular weight is 1810 g/mol. The number of aliphatic hydroxyl groups is 1. The number of rotatable bonds is 19. The summed E-state index contributed by atoms with van der Waals surface area (Å²) in [5.41, 5.74) is 25.1. The average Bonchev–Trinajstić information content (AvgIpc) is 1.67. The van der Waals surface area contributed by atoms with Crippen molar-refractivity contribution >= 4 is 177 Å². The Hall–Kier alpha value is -14.9. The predicted molar refractivity (Wildman–Crippen MR) is 500 cm³/mol. The van der Waals surface area contributed by atoms with Gasteiger partial charge in [0.05, 0.1) is 51.8 Å². The number of nitriles is 3. The topological polar surface area (TPSA) is 515 Å². The van der Waals surface area contributed by atoms with Crippen LogP contribution in [0.4, 0.5) is 60.5 Å². The number of ether oxygens (including phenoxy) is 3. The lowest BCUT2D eigenvalue weighted by Gasteiger charge is -2.19. The Morgan fingerprint density at radius 1 is 0.520 bits per heavy atom. The van der Waals surface area contributed by atoms with Crippen molar-refractivity contribution in [3.8, 4) is 18.2 Å². The van der Waals surface area contributed by atoms with Gasteiger partial charge in [0.15, 0.2) is 17.0 Å². The smallest absolute Gasteiger partial charge is 0.338 e. The summed E-state index contributed by atoms with van der Waals surface area (Å²) in [6, 6.07) is 60.7. The molecule has 0 bridgehead atoms. The molecule has 0 radical (unpaired) electrons. The molecule has 15 N–H and O–H groups in total. The Balaban J connectivity index is 0.000000193. The quantitative estimate of drug-likeness (QED) is 0.00893. The van der Waals surface area contributed by atoms with Gasteiger partial charge in [0.1, 0.15) is 60.3 Å². The number of amidine groups is 1. The number of aliphatic imine (C=N–C) groups is 2. The monoisotopic (exact) mass is 1810 g/mol. The molecule has 3 aromatic heterocycles. The van der Waals surface area contributed by atoms with Crippen LogP contribution in [0.2, 0.25) is 0 Å². The number of nitrogens with zero attached hydrogens (tertiary/aromatic N) is 7. The van der Waals surface area contributed by atoms with E-state index < -0.39 is 57.7 Å². The van der Waals surface area contributed by atoms with Gasteiger partial charge in [-0.25, -0.2) is 19.2 Å². The maximum atomic E-state index is 13.0. The number of amides is 3. The van der Waals surface area contributed by atoms with Gasteiger partial charge in [0, 0.05) is 64.0 Å². The van der Waals surface area contributed by atoms with Crippen molar-refractivity contribution < 1.29 is 58.0 Å². The van der Waals surface area contributed by atoms with Gasteiger partial charge in [-0.15, -0.1) is 0 Å². The largest absolute Gasteiger partial charge is 0.478 e. The third-order valence-corrected chi connectivity index (χ3v) is 20.1. The highest BCUT2D eigenvalue weighted by molar-refractivity contribution is 7.80. The van der Waals surface area contributed by atoms with Crippen LogP contribution in [-0.2, 0) is 31.8 Å². The highest BCUT2D eigenvalue weighted by atomic mass is 32.1. The number of carboxylic acid groups (broad SMARTS) is 1. The normalized spacial score (nSPS) is 12.0. The van der Waals surface area contributed by atoms with Crippen LogP contribution in [0, 0.1) is 39.9 Å². The Bertz CT molecular complexity index is 6200. The number of anilines is 10. The van der Waals surface area contributed by atoms with Crippen LogP contribution in [0.1, 0.15) is 159 Å². The summed E-state index contributed by atoms with van der Waals surface area (Å²) in [6.45, 7) is 19.2. The van der Waals surface area contributed by atoms with Crippen molar-refractivity contribution in [2.45, 2.75) is 105 Å². The number of hydrogen-bond acceptors (Lipinski definition) is 28. The molecule has 0 fully saturated rings. The van der Waals surface area contributed by atoms with E-state index in [-0.39, 0.29) is 69.0 Å². The molecule has 13 rings (SSSR count). The first kappa shape index (κ1) is 97.6. The SMILES string of the molecule is CC(C)(C)OC(=O)c1ccc(N)cc1.CC(C)(C)OC(=O)c1ccc(N=C=S)cc1.CC(C)(C)OC(=O)c1ccc(NC(=S)C(C#N)C(N)=O)cc1.CC(CO)N=C(N)c1c(Nc2ccc(C(=O)N3CCc4ccccc43)cc2)s[nH]c1=O.N#Cc1c(Nc2ccc(C(=O)N3CCc4ccccc43)cc2)s[nH]c1=O.N#Cc1c(Nc2ccc(C(=O)O)cc2)s[nH]c1=O. The van der Waals surface area contributed by atoms with E-state index in [0.717, 1.165) is 58.8 Å². The number of aromatic nitrogens is 3. The lowest BCUT2D eigenvalue weighted by molar-refractivity contribution is -0.118. The van der Waals surface area contributed by atoms with E-state index in [1.54, 1.807) is 183 Å². The van der Waals surface area contributed by atoms with Crippen molar-refractivity contribution in [1.82, 2.24) is 13.1 Å². The number of aliphatic hydroxyl groups excluding tert-OH is 1. The first-order valence-electron chi connectivity index (χ1n) is 38.6. The minimum Gasteiger partial charge on any atom is -0.478 e. The van der Waals surface area contributed by atoms with Gasteiger partial charge in [0.2, 0.25) is 5.91 Å². The van der Waals surface area contributed by atoms with E-state index in [0.29, 0.717) is 90.0 Å². The van der Waals surface area contributed by atoms with Crippen LogP contribution in [0.25, 0.3) is 0 Å². The minimum absolute atomic E-state index is 0.0139. The van der Waals surface area contributed by atoms with Crippen LogP contribution in [0.3, 0.4) is 0 Å². The van der Waals surface area contributed by atoms with E-state index in [1.165, 1.54) is 23.3 Å². The number of nitrogens with one attached hydrogen (secondary N) is 7. The molecule has 0 aliphatic carbocycles. The molecular formula is C90H89N17O15S5. The van der Waals surface area contributed by atoms with Gasteiger partial charge in [-0.05, 0) is 298 Å². The number of nitrogens with two attached hydrogens (primary N) is 3. The van der Waals surface area contributed by atoms with Gasteiger partial charge in [-0.1, -0.05) is 48.6 Å². The molecule has 8 aromatic carbocycles. The minimum atomic E-state index is -1.19. The first-order valence-corrected chi connectivity index (χ1v) is 41.8. The van der Waals surface area contributed by atoms with Crippen molar-refractivity contribution in [2.75, 3.05) is 56.5 Å². The lowest BCUT2D eigenvalue weighted by Crippen LogP contribution is -2.32. The van der Waals surface area contributed by atoms with Crippen LogP contribution in [-0.4, -0.2) is 123 Å². The molecule has 5 heterocycles. The molecule has 654 valence electrons. The Morgan fingerprint density at radius 3 is 1.24 bits per heavy atom. The van der Waals surface area contributed by atoms with E-state index in [1.807, 2.05) is 96.1 Å². The number of carbonyl (C=O) groups is 7. The van der Waals surface area contributed by atoms with E-state index in [2.05, 4.69) is 61.8 Å². The van der Waals surface area contributed by atoms with Gasteiger partial charge < -0.3 is 72.7 Å². The molecular weight excluding hydrogens is 1720 g/mol. The third-order valence-electron chi connectivity index (χ3n) is 17.3. The summed E-state index contributed by atoms with van der Waals surface area (Å²) >= 11 is 12.6. The number of aromatic amines is 3.